The summed E-state index contributed by atoms with van der Waals surface area (Å²) in [5.74, 6) is -1.11. The molecule has 3 heterocycles. The van der Waals surface area contributed by atoms with Gasteiger partial charge in [0.1, 0.15) is 18.1 Å². The first kappa shape index (κ1) is 20.5. The van der Waals surface area contributed by atoms with Crippen molar-refractivity contribution in [1.29, 1.82) is 0 Å². The Bertz CT molecular complexity index is 986. The van der Waals surface area contributed by atoms with Gasteiger partial charge in [0.2, 0.25) is 5.91 Å². The minimum absolute atomic E-state index is 0.00166. The van der Waals surface area contributed by atoms with Crippen molar-refractivity contribution in [3.8, 4) is 11.3 Å². The number of carbonyl (C=O) groups excluding carboxylic acids is 1. The lowest BCUT2D eigenvalue weighted by Gasteiger charge is -2.19. The highest BCUT2D eigenvalue weighted by atomic mass is 19.4. The van der Waals surface area contributed by atoms with Gasteiger partial charge in [-0.3, -0.25) is 4.79 Å². The topological polar surface area (TPSA) is 77.0 Å². The molecular formula is C18H17F6N5O. The summed E-state index contributed by atoms with van der Waals surface area (Å²) in [5.41, 5.74) is 4.00. The average molecular weight is 433 g/mol. The molecule has 1 amide bonds. The van der Waals surface area contributed by atoms with E-state index in [4.69, 9.17) is 5.73 Å². The molecule has 1 aliphatic heterocycles. The Labute approximate surface area is 166 Å². The van der Waals surface area contributed by atoms with Crippen LogP contribution in [0.1, 0.15) is 24.4 Å². The maximum absolute atomic E-state index is 13.1. The number of nitrogen functional groups attached to an aromatic ring is 1. The largest absolute Gasteiger partial charge is 0.419 e. The highest BCUT2D eigenvalue weighted by Gasteiger charge is 2.58. The number of imidazole rings is 1. The van der Waals surface area contributed by atoms with Gasteiger partial charge in [-0.15, -0.1) is 0 Å². The number of halogens is 6. The molecule has 0 radical (unpaired) electrons. The third-order valence-corrected chi connectivity index (χ3v) is 5.60. The Morgan fingerprint density at radius 3 is 2.37 bits per heavy atom. The third-order valence-electron chi connectivity index (χ3n) is 5.60. The van der Waals surface area contributed by atoms with E-state index in [1.54, 1.807) is 4.90 Å². The Morgan fingerprint density at radius 2 is 1.83 bits per heavy atom. The zero-order valence-corrected chi connectivity index (χ0v) is 15.6. The number of piperidine rings is 1. The Balaban J connectivity index is 1.69. The highest BCUT2D eigenvalue weighted by Crippen LogP contribution is 2.56. The maximum atomic E-state index is 13.1. The van der Waals surface area contributed by atoms with Crippen LogP contribution in [0.5, 0.6) is 0 Å². The van der Waals surface area contributed by atoms with Crippen LogP contribution in [0.15, 0.2) is 18.5 Å². The van der Waals surface area contributed by atoms with Gasteiger partial charge in [0.25, 0.3) is 0 Å². The molecule has 1 aliphatic carbocycles. The fourth-order valence-corrected chi connectivity index (χ4v) is 4.15. The molecule has 0 spiro atoms. The molecule has 0 bridgehead atoms. The van der Waals surface area contributed by atoms with Gasteiger partial charge >= 0.3 is 12.4 Å². The monoisotopic (exact) mass is 433 g/mol. The lowest BCUT2D eigenvalue weighted by atomic mass is 10.1. The van der Waals surface area contributed by atoms with Gasteiger partial charge in [-0.1, -0.05) is 0 Å². The second-order valence-corrected chi connectivity index (χ2v) is 7.64. The predicted molar refractivity (Wildman–Crippen MR) is 92.9 cm³/mol. The number of pyridine rings is 1. The van der Waals surface area contributed by atoms with E-state index >= 15 is 0 Å². The first-order chi connectivity index (χ1) is 13.8. The van der Waals surface area contributed by atoms with Crippen molar-refractivity contribution in [1.82, 2.24) is 19.4 Å². The Hall–Kier alpha value is -2.79. The number of amides is 1. The van der Waals surface area contributed by atoms with Crippen molar-refractivity contribution in [3.05, 3.63) is 29.8 Å². The summed E-state index contributed by atoms with van der Waals surface area (Å²) in [6, 6.07) is 0.459. The first-order valence-corrected chi connectivity index (χ1v) is 9.08. The van der Waals surface area contributed by atoms with Crippen molar-refractivity contribution in [2.75, 3.05) is 18.8 Å². The molecule has 2 aromatic heterocycles. The van der Waals surface area contributed by atoms with Gasteiger partial charge in [-0.25, -0.2) is 9.97 Å². The van der Waals surface area contributed by atoms with E-state index < -0.39 is 30.2 Å². The normalized spacial score (nSPS) is 23.6. The van der Waals surface area contributed by atoms with Gasteiger partial charge < -0.3 is 15.2 Å². The van der Waals surface area contributed by atoms with E-state index in [-0.39, 0.29) is 40.9 Å². The number of nitrogens with two attached hydrogens (primary N) is 1. The third kappa shape index (κ3) is 3.70. The molecule has 6 nitrogen and oxygen atoms in total. The maximum Gasteiger partial charge on any atom is 0.419 e. The second kappa shape index (κ2) is 6.61. The van der Waals surface area contributed by atoms with Gasteiger partial charge in [0.05, 0.1) is 11.3 Å². The molecule has 1 saturated heterocycles. The smallest absolute Gasteiger partial charge is 0.383 e. The molecule has 2 aliphatic rings. The Morgan fingerprint density at radius 1 is 1.20 bits per heavy atom. The average Bonchev–Trinajstić information content (AvgIpc) is 2.94. The lowest BCUT2D eigenvalue weighted by molar-refractivity contribution is -0.137. The van der Waals surface area contributed by atoms with Crippen LogP contribution in [0.25, 0.3) is 11.3 Å². The van der Waals surface area contributed by atoms with E-state index in [2.05, 4.69) is 9.97 Å². The van der Waals surface area contributed by atoms with Gasteiger partial charge in [-0.05, 0) is 6.07 Å². The second-order valence-electron chi connectivity index (χ2n) is 7.64. The highest BCUT2D eigenvalue weighted by molar-refractivity contribution is 5.74. The van der Waals surface area contributed by atoms with Gasteiger partial charge in [0, 0.05) is 55.8 Å². The SMILES string of the molecule is CC(=O)N1C[C@@H]2[C@H](C1)[C@H]2n1cc(-c2cnc(N)c(C(F)(F)F)c2)nc1CC(F)(F)F. The predicted octanol–water partition coefficient (Wildman–Crippen LogP) is 3.30. The van der Waals surface area contributed by atoms with Crippen molar-refractivity contribution in [2.24, 2.45) is 11.8 Å². The summed E-state index contributed by atoms with van der Waals surface area (Å²) in [5, 5.41) is 0. The van der Waals surface area contributed by atoms with Crippen molar-refractivity contribution in [2.45, 2.75) is 31.7 Å². The van der Waals surface area contributed by atoms with Crippen molar-refractivity contribution < 1.29 is 31.1 Å². The molecule has 12 heteroatoms. The number of carbonyl (C=O) groups is 1. The van der Waals surface area contributed by atoms with E-state index in [0.717, 1.165) is 12.3 Å². The number of rotatable bonds is 3. The molecule has 0 aromatic carbocycles. The molecule has 0 unspecified atom stereocenters. The van der Waals surface area contributed by atoms with Crippen LogP contribution in [0, 0.1) is 11.8 Å². The molecule has 30 heavy (non-hydrogen) atoms. The van der Waals surface area contributed by atoms with E-state index in [1.807, 2.05) is 0 Å². The molecule has 2 N–H and O–H groups in total. The number of nitrogens with zero attached hydrogens (tertiary/aromatic N) is 4. The standard InChI is InChI=1S/C18H17F6N5O/c1-8(30)28-5-10-11(6-28)15(10)29-7-13(27-14(29)3-17(19,20)21)9-2-12(18(22,23)24)16(25)26-4-9/h2,4,7,10-11,15H,3,5-6H2,1H3,(H2,25,26)/t10-,11+,15+. The van der Waals surface area contributed by atoms with Crippen LogP contribution >= 0.6 is 0 Å². The Kier molecular flexibility index (Phi) is 4.51. The molecule has 1 saturated carbocycles. The molecule has 2 aromatic rings. The summed E-state index contributed by atoms with van der Waals surface area (Å²) in [4.78, 5) is 20.6. The first-order valence-electron chi connectivity index (χ1n) is 9.08. The van der Waals surface area contributed by atoms with Crippen LogP contribution < -0.4 is 5.73 Å². The molecule has 162 valence electrons. The van der Waals surface area contributed by atoms with Crippen LogP contribution in [0.2, 0.25) is 0 Å². The zero-order chi connectivity index (χ0) is 22.0. The molecule has 2 fully saturated rings. The number of likely N-dealkylation sites (tertiary alicyclic amines) is 1. The van der Waals surface area contributed by atoms with Crippen LogP contribution in [-0.4, -0.2) is 44.6 Å². The van der Waals surface area contributed by atoms with Crippen LogP contribution in [0.4, 0.5) is 32.2 Å². The van der Waals surface area contributed by atoms with Crippen molar-refractivity contribution in [3.63, 3.8) is 0 Å². The summed E-state index contributed by atoms with van der Waals surface area (Å²) < 4.78 is 79.9. The molecular weight excluding hydrogens is 416 g/mol. The summed E-state index contributed by atoms with van der Waals surface area (Å²) in [6.45, 7) is 2.30. The van der Waals surface area contributed by atoms with Crippen LogP contribution in [-0.2, 0) is 17.4 Å². The summed E-state index contributed by atoms with van der Waals surface area (Å²) in [7, 11) is 0. The zero-order valence-electron chi connectivity index (χ0n) is 15.6. The van der Waals surface area contributed by atoms with Crippen LogP contribution in [0.3, 0.4) is 0 Å². The quantitative estimate of drug-likeness (QED) is 0.754. The minimum atomic E-state index is -4.76. The number of hydrogen-bond acceptors (Lipinski definition) is 4. The number of aromatic nitrogens is 3. The summed E-state index contributed by atoms with van der Waals surface area (Å²) in [6.07, 6.45) is -8.22. The number of alkyl halides is 6. The van der Waals surface area contributed by atoms with Gasteiger partial charge in [-0.2, -0.15) is 26.3 Å². The lowest BCUT2D eigenvalue weighted by Crippen LogP contribution is -2.30. The number of anilines is 1. The summed E-state index contributed by atoms with van der Waals surface area (Å²) >= 11 is 0. The van der Waals surface area contributed by atoms with E-state index in [0.29, 0.717) is 13.1 Å². The number of hydrogen-bond donors (Lipinski definition) is 1. The fraction of sp³-hybridized carbons (Fsp3) is 0.500. The minimum Gasteiger partial charge on any atom is -0.383 e. The van der Waals surface area contributed by atoms with Crippen molar-refractivity contribution >= 4 is 11.7 Å². The number of fused-ring (bicyclic) bond motifs is 1. The van der Waals surface area contributed by atoms with Gasteiger partial charge in [0.15, 0.2) is 0 Å². The molecule has 3 atom stereocenters. The van der Waals surface area contributed by atoms with E-state index in [9.17, 15) is 31.1 Å². The molecule has 4 rings (SSSR count). The van der Waals surface area contributed by atoms with E-state index in [1.165, 1.54) is 17.7 Å². The fourth-order valence-electron chi connectivity index (χ4n) is 4.15.